The van der Waals surface area contributed by atoms with Crippen molar-refractivity contribution in [3.8, 4) is 0 Å². The molecule has 0 radical (unpaired) electrons. The molecule has 4 heteroatoms. The molecule has 0 aliphatic heterocycles. The lowest BCUT2D eigenvalue weighted by molar-refractivity contribution is -0.176. The smallest absolute Gasteiger partial charge is 0.344 e. The Morgan fingerprint density at radius 1 is 1.05 bits per heavy atom. The zero-order valence-corrected chi connectivity index (χ0v) is 15.3. The van der Waals surface area contributed by atoms with E-state index in [1.807, 2.05) is 41.5 Å². The van der Waals surface area contributed by atoms with E-state index >= 15 is 0 Å². The average molecular weight is 314 g/mol. The number of carbonyl (C=O) groups is 2. The summed E-state index contributed by atoms with van der Waals surface area (Å²) in [6.45, 7) is 11.3. The lowest BCUT2D eigenvalue weighted by Crippen LogP contribution is -2.38. The molecule has 0 atom stereocenters. The molecule has 0 aromatic carbocycles. The molecule has 1 aliphatic carbocycles. The fourth-order valence-electron chi connectivity index (χ4n) is 2.46. The fourth-order valence-corrected chi connectivity index (χ4v) is 2.46. The predicted octanol–water partition coefficient (Wildman–Crippen LogP) is 4.65. The largest absolute Gasteiger partial charge is 0.457 e. The first-order valence-electron chi connectivity index (χ1n) is 8.74. The van der Waals surface area contributed by atoms with Gasteiger partial charge in [0.1, 0.15) is 5.60 Å². The quantitative estimate of drug-likeness (QED) is 0.670. The monoisotopic (exact) mass is 314 g/mol. The van der Waals surface area contributed by atoms with Crippen molar-refractivity contribution in [1.29, 1.82) is 0 Å². The van der Waals surface area contributed by atoms with Crippen LogP contribution in [0.15, 0.2) is 0 Å². The second kappa shape index (κ2) is 9.86. The Labute approximate surface area is 135 Å². The first-order valence-corrected chi connectivity index (χ1v) is 8.74. The molecule has 0 spiro atoms. The van der Waals surface area contributed by atoms with Crippen LogP contribution in [0.5, 0.6) is 0 Å². The second-order valence-electron chi connectivity index (χ2n) is 6.38. The Morgan fingerprint density at radius 2 is 1.59 bits per heavy atom. The summed E-state index contributed by atoms with van der Waals surface area (Å²) in [5.41, 5.74) is -0.879. The Morgan fingerprint density at radius 3 is 2.05 bits per heavy atom. The molecule has 0 amide bonds. The zero-order chi connectivity index (χ0) is 17.2. The summed E-state index contributed by atoms with van der Waals surface area (Å²) >= 11 is 0. The van der Waals surface area contributed by atoms with E-state index in [1.54, 1.807) is 0 Å². The van der Waals surface area contributed by atoms with Crippen molar-refractivity contribution in [3.63, 3.8) is 0 Å². The lowest BCUT2D eigenvalue weighted by atomic mass is 9.83. The fraction of sp³-hybridized carbons (Fsp3) is 0.889. The van der Waals surface area contributed by atoms with Crippen LogP contribution >= 0.6 is 0 Å². The molecule has 0 unspecified atom stereocenters. The molecule has 0 N–H and O–H groups in total. The Bertz CT molecular complexity index is 341. The van der Waals surface area contributed by atoms with Crippen LogP contribution in [-0.2, 0) is 19.1 Å². The Balaban J connectivity index is 0.00000211. The molecule has 0 bridgehead atoms. The van der Waals surface area contributed by atoms with Gasteiger partial charge in [0.25, 0.3) is 0 Å². The minimum absolute atomic E-state index is 0.274. The molecule has 0 aromatic rings. The van der Waals surface area contributed by atoms with Gasteiger partial charge in [0, 0.05) is 0 Å². The topological polar surface area (TPSA) is 52.6 Å². The van der Waals surface area contributed by atoms with E-state index < -0.39 is 11.4 Å². The number of rotatable bonds is 6. The summed E-state index contributed by atoms with van der Waals surface area (Å²) in [4.78, 5) is 23.7. The first-order chi connectivity index (χ1) is 10.4. The standard InChI is InChI=1S/C16H28O4.C2H6/c1-5-15(3,4)14(18)19-12-13(17)20-16(6-2)10-8-7-9-11-16;1-2/h5-12H2,1-4H3;1-2H3. The van der Waals surface area contributed by atoms with Gasteiger partial charge in [-0.3, -0.25) is 4.79 Å². The van der Waals surface area contributed by atoms with E-state index in [9.17, 15) is 9.59 Å². The van der Waals surface area contributed by atoms with Gasteiger partial charge in [-0.05, 0) is 52.4 Å². The third-order valence-corrected chi connectivity index (χ3v) is 4.50. The number of ether oxygens (including phenoxy) is 2. The molecule has 1 rings (SSSR count). The molecule has 1 fully saturated rings. The third-order valence-electron chi connectivity index (χ3n) is 4.50. The first kappa shape index (κ1) is 20.9. The highest BCUT2D eigenvalue weighted by Crippen LogP contribution is 2.34. The van der Waals surface area contributed by atoms with Crippen molar-refractivity contribution < 1.29 is 19.1 Å². The van der Waals surface area contributed by atoms with Gasteiger partial charge in [0.05, 0.1) is 5.41 Å². The van der Waals surface area contributed by atoms with Crippen LogP contribution in [0.2, 0.25) is 0 Å². The Kier molecular flexibility index (Phi) is 9.38. The van der Waals surface area contributed by atoms with E-state index in [-0.39, 0.29) is 18.2 Å². The van der Waals surface area contributed by atoms with Crippen molar-refractivity contribution in [2.24, 2.45) is 5.41 Å². The highest BCUT2D eigenvalue weighted by Gasteiger charge is 2.35. The maximum absolute atomic E-state index is 11.9. The minimum atomic E-state index is -0.548. The SMILES string of the molecule is CC.CCC1(OC(=O)COC(=O)C(C)(C)CC)CCCCC1. The third kappa shape index (κ3) is 6.37. The van der Waals surface area contributed by atoms with E-state index in [4.69, 9.17) is 9.47 Å². The highest BCUT2D eigenvalue weighted by atomic mass is 16.6. The van der Waals surface area contributed by atoms with Gasteiger partial charge in [0.15, 0.2) is 6.61 Å². The average Bonchev–Trinajstić information content (AvgIpc) is 2.55. The van der Waals surface area contributed by atoms with E-state index in [1.165, 1.54) is 6.42 Å². The summed E-state index contributed by atoms with van der Waals surface area (Å²) in [6.07, 6.45) is 6.76. The van der Waals surface area contributed by atoms with E-state index in [2.05, 4.69) is 0 Å². The maximum Gasteiger partial charge on any atom is 0.344 e. The maximum atomic E-state index is 11.9. The van der Waals surface area contributed by atoms with Gasteiger partial charge >= 0.3 is 11.9 Å². The normalized spacial score (nSPS) is 17.0. The molecule has 4 nitrogen and oxygen atoms in total. The van der Waals surface area contributed by atoms with Crippen molar-refractivity contribution in [2.75, 3.05) is 6.61 Å². The van der Waals surface area contributed by atoms with Gasteiger partial charge in [-0.15, -0.1) is 0 Å². The van der Waals surface area contributed by atoms with Crippen LogP contribution < -0.4 is 0 Å². The van der Waals surface area contributed by atoms with Crippen LogP contribution in [-0.4, -0.2) is 24.1 Å². The van der Waals surface area contributed by atoms with Crippen molar-refractivity contribution in [3.05, 3.63) is 0 Å². The lowest BCUT2D eigenvalue weighted by Gasteiger charge is -2.36. The van der Waals surface area contributed by atoms with Crippen LogP contribution in [0.3, 0.4) is 0 Å². The number of carbonyl (C=O) groups excluding carboxylic acids is 2. The molecule has 0 aromatic heterocycles. The number of hydrogen-bond donors (Lipinski definition) is 0. The van der Waals surface area contributed by atoms with Crippen molar-refractivity contribution >= 4 is 11.9 Å². The molecular weight excluding hydrogens is 280 g/mol. The summed E-state index contributed by atoms with van der Waals surface area (Å²) in [7, 11) is 0. The van der Waals surface area contributed by atoms with Gasteiger partial charge < -0.3 is 9.47 Å². The van der Waals surface area contributed by atoms with Gasteiger partial charge in [-0.1, -0.05) is 34.1 Å². The molecule has 130 valence electrons. The highest BCUT2D eigenvalue weighted by molar-refractivity contribution is 5.79. The second-order valence-corrected chi connectivity index (χ2v) is 6.38. The van der Waals surface area contributed by atoms with Crippen LogP contribution in [0.4, 0.5) is 0 Å². The van der Waals surface area contributed by atoms with E-state index in [0.29, 0.717) is 6.42 Å². The van der Waals surface area contributed by atoms with Gasteiger partial charge in [-0.25, -0.2) is 4.79 Å². The summed E-state index contributed by atoms with van der Waals surface area (Å²) in [6, 6.07) is 0. The van der Waals surface area contributed by atoms with Gasteiger partial charge in [0.2, 0.25) is 0 Å². The zero-order valence-electron chi connectivity index (χ0n) is 15.3. The molecule has 1 saturated carbocycles. The molecule has 22 heavy (non-hydrogen) atoms. The molecule has 1 aliphatic rings. The van der Waals surface area contributed by atoms with E-state index in [0.717, 1.165) is 32.1 Å². The molecule has 0 saturated heterocycles. The van der Waals surface area contributed by atoms with Crippen LogP contribution in [0.1, 0.15) is 86.5 Å². The van der Waals surface area contributed by atoms with Crippen LogP contribution in [0.25, 0.3) is 0 Å². The Hall–Kier alpha value is -1.06. The van der Waals surface area contributed by atoms with Crippen molar-refractivity contribution in [2.45, 2.75) is 92.1 Å². The van der Waals surface area contributed by atoms with Crippen LogP contribution in [0, 0.1) is 5.41 Å². The summed E-state index contributed by atoms with van der Waals surface area (Å²) in [5.74, 6) is -0.764. The summed E-state index contributed by atoms with van der Waals surface area (Å²) < 4.78 is 10.7. The number of hydrogen-bond acceptors (Lipinski definition) is 4. The number of esters is 2. The summed E-state index contributed by atoms with van der Waals surface area (Å²) in [5, 5.41) is 0. The van der Waals surface area contributed by atoms with Gasteiger partial charge in [-0.2, -0.15) is 0 Å². The molecule has 0 heterocycles. The van der Waals surface area contributed by atoms with Crippen molar-refractivity contribution in [1.82, 2.24) is 0 Å². The minimum Gasteiger partial charge on any atom is -0.457 e. The predicted molar refractivity (Wildman–Crippen MR) is 88.6 cm³/mol. The molecular formula is C18H34O4.